The first-order valence-corrected chi connectivity index (χ1v) is 7.03. The van der Waals surface area contributed by atoms with Crippen LogP contribution in [0.5, 0.6) is 5.75 Å². The number of aromatic nitrogens is 1. The van der Waals surface area contributed by atoms with Crippen molar-refractivity contribution < 1.29 is 9.50 Å². The van der Waals surface area contributed by atoms with Gasteiger partial charge in [0.1, 0.15) is 11.6 Å². The number of H-pyrrole nitrogens is 1. The molecule has 0 unspecified atom stereocenters. The van der Waals surface area contributed by atoms with Crippen molar-refractivity contribution in [3.63, 3.8) is 0 Å². The number of hydrogen-bond acceptors (Lipinski definition) is 3. The Balaban J connectivity index is 2.35. The van der Waals surface area contributed by atoms with E-state index in [0.717, 1.165) is 4.47 Å². The van der Waals surface area contributed by atoms with Gasteiger partial charge in [-0.25, -0.2) is 4.39 Å². The Labute approximate surface area is 119 Å². The van der Waals surface area contributed by atoms with Crippen molar-refractivity contribution in [1.82, 2.24) is 4.98 Å². The van der Waals surface area contributed by atoms with Crippen molar-refractivity contribution in [1.29, 1.82) is 0 Å². The first kappa shape index (κ1) is 12.4. The molecule has 0 spiro atoms. The standard InChI is InChI=1S/C13H7BrFNO2S/c14-8-5-19-12-10(8)16-13(18)9(11(12)17)6-1-3-7(15)4-2-6/h1-5H,(H2,16,17,18). The lowest BCUT2D eigenvalue weighted by molar-refractivity contribution is 0.483. The van der Waals surface area contributed by atoms with Gasteiger partial charge in [0, 0.05) is 5.38 Å². The zero-order valence-corrected chi connectivity index (χ0v) is 11.8. The van der Waals surface area contributed by atoms with Crippen LogP contribution >= 0.6 is 27.3 Å². The fourth-order valence-electron chi connectivity index (χ4n) is 1.91. The highest BCUT2D eigenvalue weighted by atomic mass is 79.9. The van der Waals surface area contributed by atoms with E-state index in [0.29, 0.717) is 15.8 Å². The van der Waals surface area contributed by atoms with Gasteiger partial charge in [-0.15, -0.1) is 11.3 Å². The van der Waals surface area contributed by atoms with Crippen LogP contribution in [0.3, 0.4) is 0 Å². The smallest absolute Gasteiger partial charge is 0.260 e. The third-order valence-electron chi connectivity index (χ3n) is 2.80. The number of aromatic hydroxyl groups is 1. The number of halogens is 2. The molecule has 0 saturated heterocycles. The van der Waals surface area contributed by atoms with E-state index in [2.05, 4.69) is 20.9 Å². The predicted molar refractivity (Wildman–Crippen MR) is 77.2 cm³/mol. The largest absolute Gasteiger partial charge is 0.506 e. The summed E-state index contributed by atoms with van der Waals surface area (Å²) in [6.07, 6.45) is 0. The summed E-state index contributed by atoms with van der Waals surface area (Å²) in [5.74, 6) is -0.472. The van der Waals surface area contributed by atoms with E-state index in [9.17, 15) is 14.3 Å². The van der Waals surface area contributed by atoms with Crippen LogP contribution < -0.4 is 5.56 Å². The molecular formula is C13H7BrFNO2S. The molecule has 0 amide bonds. The first-order valence-electron chi connectivity index (χ1n) is 5.36. The number of pyridine rings is 1. The fraction of sp³-hybridized carbons (Fsp3) is 0. The van der Waals surface area contributed by atoms with Gasteiger partial charge in [0.15, 0.2) is 0 Å². The van der Waals surface area contributed by atoms with Crippen LogP contribution in [0.25, 0.3) is 21.3 Å². The van der Waals surface area contributed by atoms with E-state index in [-0.39, 0.29) is 17.1 Å². The van der Waals surface area contributed by atoms with Crippen molar-refractivity contribution in [2.75, 3.05) is 0 Å². The van der Waals surface area contributed by atoms with Crippen LogP contribution in [-0.4, -0.2) is 10.1 Å². The van der Waals surface area contributed by atoms with Crippen LogP contribution in [0.1, 0.15) is 0 Å². The Morgan fingerprint density at radius 3 is 2.63 bits per heavy atom. The Kier molecular flexibility index (Phi) is 2.91. The number of hydrogen-bond donors (Lipinski definition) is 2. The number of aromatic amines is 1. The minimum absolute atomic E-state index is 0.0824. The molecule has 0 aliphatic heterocycles. The van der Waals surface area contributed by atoms with Gasteiger partial charge in [0.05, 0.1) is 20.3 Å². The Hall–Kier alpha value is -1.66. The van der Waals surface area contributed by atoms with E-state index < -0.39 is 5.56 Å². The zero-order valence-electron chi connectivity index (χ0n) is 9.41. The minimum atomic E-state index is -0.407. The minimum Gasteiger partial charge on any atom is -0.506 e. The molecule has 0 aliphatic rings. The van der Waals surface area contributed by atoms with Gasteiger partial charge < -0.3 is 10.1 Å². The molecule has 2 aromatic heterocycles. The predicted octanol–water partition coefficient (Wildman–Crippen LogP) is 3.86. The molecule has 0 aliphatic carbocycles. The summed E-state index contributed by atoms with van der Waals surface area (Å²) >= 11 is 4.63. The average molecular weight is 340 g/mol. The second-order valence-corrected chi connectivity index (χ2v) is 5.71. The van der Waals surface area contributed by atoms with Gasteiger partial charge in [-0.3, -0.25) is 4.79 Å². The highest BCUT2D eigenvalue weighted by molar-refractivity contribution is 9.10. The van der Waals surface area contributed by atoms with E-state index in [1.54, 1.807) is 5.38 Å². The number of nitrogens with one attached hydrogen (secondary N) is 1. The van der Waals surface area contributed by atoms with Crippen LogP contribution in [0, 0.1) is 5.82 Å². The van der Waals surface area contributed by atoms with Gasteiger partial charge in [0.25, 0.3) is 5.56 Å². The van der Waals surface area contributed by atoms with Crippen molar-refractivity contribution in [3.8, 4) is 16.9 Å². The molecule has 2 heterocycles. The lowest BCUT2D eigenvalue weighted by Crippen LogP contribution is -2.08. The summed E-state index contributed by atoms with van der Waals surface area (Å²) in [5.41, 5.74) is 0.794. The maximum absolute atomic E-state index is 12.9. The van der Waals surface area contributed by atoms with E-state index >= 15 is 0 Å². The summed E-state index contributed by atoms with van der Waals surface area (Å²) in [6.45, 7) is 0. The second-order valence-electron chi connectivity index (χ2n) is 3.97. The van der Waals surface area contributed by atoms with Crippen molar-refractivity contribution in [3.05, 3.63) is 50.3 Å². The molecular weight excluding hydrogens is 333 g/mol. The van der Waals surface area contributed by atoms with E-state index in [1.807, 2.05) is 0 Å². The third kappa shape index (κ3) is 1.97. The number of thiophene rings is 1. The molecule has 6 heteroatoms. The number of fused-ring (bicyclic) bond motifs is 1. The highest BCUT2D eigenvalue weighted by Crippen LogP contribution is 2.38. The topological polar surface area (TPSA) is 53.1 Å². The van der Waals surface area contributed by atoms with Gasteiger partial charge in [0.2, 0.25) is 0 Å². The summed E-state index contributed by atoms with van der Waals surface area (Å²) in [4.78, 5) is 14.8. The van der Waals surface area contributed by atoms with Crippen LogP contribution in [0.15, 0.2) is 38.9 Å². The molecule has 0 saturated carbocycles. The Bertz CT molecular complexity index is 823. The van der Waals surface area contributed by atoms with Crippen molar-refractivity contribution in [2.45, 2.75) is 0 Å². The van der Waals surface area contributed by atoms with Gasteiger partial charge in [-0.05, 0) is 33.6 Å². The Morgan fingerprint density at radius 2 is 1.95 bits per heavy atom. The lowest BCUT2D eigenvalue weighted by atomic mass is 10.1. The highest BCUT2D eigenvalue weighted by Gasteiger charge is 2.16. The average Bonchev–Trinajstić information content (AvgIpc) is 2.74. The van der Waals surface area contributed by atoms with Crippen LogP contribution in [0.4, 0.5) is 4.39 Å². The first-order chi connectivity index (χ1) is 9.08. The molecule has 0 bridgehead atoms. The summed E-state index contributed by atoms with van der Waals surface area (Å²) in [6, 6.07) is 5.44. The van der Waals surface area contributed by atoms with E-state index in [1.165, 1.54) is 35.6 Å². The van der Waals surface area contributed by atoms with Gasteiger partial charge in [-0.2, -0.15) is 0 Å². The Morgan fingerprint density at radius 1 is 1.26 bits per heavy atom. The van der Waals surface area contributed by atoms with E-state index in [4.69, 9.17) is 0 Å². The monoisotopic (exact) mass is 339 g/mol. The number of benzene rings is 1. The molecule has 2 N–H and O–H groups in total. The zero-order chi connectivity index (χ0) is 13.6. The lowest BCUT2D eigenvalue weighted by Gasteiger charge is -2.05. The molecule has 0 radical (unpaired) electrons. The molecule has 96 valence electrons. The molecule has 0 atom stereocenters. The van der Waals surface area contributed by atoms with Crippen LogP contribution in [-0.2, 0) is 0 Å². The van der Waals surface area contributed by atoms with Crippen molar-refractivity contribution >= 4 is 37.5 Å². The third-order valence-corrected chi connectivity index (χ3v) is 4.71. The second kappa shape index (κ2) is 4.47. The molecule has 3 aromatic rings. The van der Waals surface area contributed by atoms with Crippen LogP contribution in [0.2, 0.25) is 0 Å². The van der Waals surface area contributed by atoms with Gasteiger partial charge in [-0.1, -0.05) is 12.1 Å². The SMILES string of the molecule is O=c1[nH]c2c(Br)csc2c(O)c1-c1ccc(F)cc1. The molecule has 19 heavy (non-hydrogen) atoms. The summed E-state index contributed by atoms with van der Waals surface area (Å²) < 4.78 is 14.2. The van der Waals surface area contributed by atoms with Gasteiger partial charge >= 0.3 is 0 Å². The quantitative estimate of drug-likeness (QED) is 0.707. The molecule has 1 aromatic carbocycles. The fourth-order valence-corrected chi connectivity index (χ4v) is 3.45. The molecule has 3 rings (SSSR count). The summed E-state index contributed by atoms with van der Waals surface area (Å²) in [7, 11) is 0. The maximum Gasteiger partial charge on any atom is 0.260 e. The van der Waals surface area contributed by atoms with Crippen molar-refractivity contribution in [2.24, 2.45) is 0 Å². The normalized spacial score (nSPS) is 11.1. The number of rotatable bonds is 1. The molecule has 0 fully saturated rings. The molecule has 3 nitrogen and oxygen atoms in total. The maximum atomic E-state index is 12.9. The summed E-state index contributed by atoms with van der Waals surface area (Å²) in [5, 5.41) is 12.0.